The van der Waals surface area contributed by atoms with Crippen molar-refractivity contribution in [3.8, 4) is 0 Å². The summed E-state index contributed by atoms with van der Waals surface area (Å²) in [6.07, 6.45) is 0.911. The number of benzene rings is 1. The van der Waals surface area contributed by atoms with Gasteiger partial charge in [-0.2, -0.15) is 0 Å². The molecule has 3 heteroatoms. The van der Waals surface area contributed by atoms with Crippen LogP contribution in [0.2, 0.25) is 0 Å². The monoisotopic (exact) mass is 204 g/mol. The Hall–Kier alpha value is -0.795. The van der Waals surface area contributed by atoms with Gasteiger partial charge in [-0.3, -0.25) is 0 Å². The van der Waals surface area contributed by atoms with E-state index in [1.807, 2.05) is 6.92 Å². The van der Waals surface area contributed by atoms with Crippen molar-refractivity contribution in [2.75, 3.05) is 6.61 Å². The van der Waals surface area contributed by atoms with E-state index < -0.39 is 7.12 Å². The summed E-state index contributed by atoms with van der Waals surface area (Å²) in [4.78, 5) is 0. The molecule has 0 atom stereocenters. The number of rotatable bonds is 1. The Balaban J connectivity index is 2.51. The van der Waals surface area contributed by atoms with Crippen LogP contribution in [0.4, 0.5) is 0 Å². The molecule has 1 heterocycles. The van der Waals surface area contributed by atoms with Crippen LogP contribution < -0.4 is 5.46 Å². The normalized spacial score (nSPS) is 15.7. The fraction of sp³-hybridized carbons (Fsp3) is 0.500. The van der Waals surface area contributed by atoms with E-state index >= 15 is 0 Å². The second-order valence-electron chi connectivity index (χ2n) is 4.54. The molecule has 0 fully saturated rings. The summed E-state index contributed by atoms with van der Waals surface area (Å²) in [7, 11) is -0.727. The van der Waals surface area contributed by atoms with Crippen molar-refractivity contribution in [1.29, 1.82) is 0 Å². The Morgan fingerprint density at radius 2 is 2.13 bits per heavy atom. The minimum absolute atomic E-state index is 0.536. The van der Waals surface area contributed by atoms with Crippen LogP contribution in [-0.4, -0.2) is 18.7 Å². The topological polar surface area (TPSA) is 29.5 Å². The van der Waals surface area contributed by atoms with Crippen molar-refractivity contribution >= 4 is 12.6 Å². The summed E-state index contributed by atoms with van der Waals surface area (Å²) in [5.74, 6) is 0.536. The third-order valence-electron chi connectivity index (χ3n) is 3.06. The molecule has 1 aliphatic heterocycles. The first-order chi connectivity index (χ1) is 7.09. The van der Waals surface area contributed by atoms with Gasteiger partial charge in [-0.1, -0.05) is 31.5 Å². The van der Waals surface area contributed by atoms with Crippen LogP contribution in [0.15, 0.2) is 12.1 Å². The quantitative estimate of drug-likeness (QED) is 0.700. The maximum absolute atomic E-state index is 9.75. The molecule has 2 nitrogen and oxygen atoms in total. The Labute approximate surface area is 91.4 Å². The van der Waals surface area contributed by atoms with Gasteiger partial charge in [0.25, 0.3) is 0 Å². The van der Waals surface area contributed by atoms with Crippen molar-refractivity contribution in [3.05, 3.63) is 28.8 Å². The largest absolute Gasteiger partial charge is 0.491 e. The fourth-order valence-corrected chi connectivity index (χ4v) is 2.16. The minimum Gasteiger partial charge on any atom is -0.423 e. The van der Waals surface area contributed by atoms with E-state index in [4.69, 9.17) is 4.65 Å². The Kier molecular flexibility index (Phi) is 2.85. The minimum atomic E-state index is -0.727. The van der Waals surface area contributed by atoms with Crippen LogP contribution in [0, 0.1) is 6.92 Å². The fourth-order valence-electron chi connectivity index (χ4n) is 2.16. The van der Waals surface area contributed by atoms with E-state index in [0.717, 1.165) is 17.4 Å². The number of aryl methyl sites for hydroxylation is 1. The van der Waals surface area contributed by atoms with E-state index in [0.29, 0.717) is 12.5 Å². The molecule has 2 rings (SSSR count). The highest BCUT2D eigenvalue weighted by Gasteiger charge is 2.27. The highest BCUT2D eigenvalue weighted by molar-refractivity contribution is 6.61. The van der Waals surface area contributed by atoms with Crippen LogP contribution in [0.5, 0.6) is 0 Å². The molecular formula is C12H17BO2. The summed E-state index contributed by atoms with van der Waals surface area (Å²) >= 11 is 0. The number of hydrogen-bond acceptors (Lipinski definition) is 2. The van der Waals surface area contributed by atoms with Crippen molar-refractivity contribution in [3.63, 3.8) is 0 Å². The predicted octanol–water partition coefficient (Wildman–Crippen LogP) is 1.38. The first kappa shape index (κ1) is 10.7. The summed E-state index contributed by atoms with van der Waals surface area (Å²) in [6, 6.07) is 4.36. The third kappa shape index (κ3) is 1.94. The molecule has 0 bridgehead atoms. The third-order valence-corrected chi connectivity index (χ3v) is 3.06. The summed E-state index contributed by atoms with van der Waals surface area (Å²) in [6.45, 7) is 7.05. The average molecular weight is 204 g/mol. The summed E-state index contributed by atoms with van der Waals surface area (Å²) in [5, 5.41) is 9.75. The average Bonchev–Trinajstić information content (AvgIpc) is 2.17. The van der Waals surface area contributed by atoms with Gasteiger partial charge in [0.05, 0.1) is 0 Å². The highest BCUT2D eigenvalue weighted by Crippen LogP contribution is 2.19. The molecular weight excluding hydrogens is 187 g/mol. The molecule has 1 aliphatic rings. The van der Waals surface area contributed by atoms with Gasteiger partial charge in [0.15, 0.2) is 0 Å². The first-order valence-electron chi connectivity index (χ1n) is 5.52. The van der Waals surface area contributed by atoms with Gasteiger partial charge >= 0.3 is 7.12 Å². The SMILES string of the molecule is Cc1cc(C(C)C)cc2c1B(O)OCC2. The number of fused-ring (bicyclic) bond motifs is 1. The van der Waals surface area contributed by atoms with Gasteiger partial charge < -0.3 is 9.68 Å². The molecule has 1 aromatic rings. The predicted molar refractivity (Wildman–Crippen MR) is 62.5 cm³/mol. The summed E-state index contributed by atoms with van der Waals surface area (Å²) < 4.78 is 5.24. The number of hydrogen-bond donors (Lipinski definition) is 1. The molecule has 80 valence electrons. The first-order valence-corrected chi connectivity index (χ1v) is 5.52. The van der Waals surface area contributed by atoms with E-state index in [1.54, 1.807) is 0 Å². The van der Waals surface area contributed by atoms with Gasteiger partial charge in [0.2, 0.25) is 0 Å². The summed E-state index contributed by atoms with van der Waals surface area (Å²) in [5.41, 5.74) is 4.71. The zero-order valence-electron chi connectivity index (χ0n) is 9.58. The van der Waals surface area contributed by atoms with Crippen LogP contribution in [0.1, 0.15) is 36.5 Å². The van der Waals surface area contributed by atoms with Gasteiger partial charge in [-0.15, -0.1) is 0 Å². The van der Waals surface area contributed by atoms with Crippen LogP contribution in [0.25, 0.3) is 0 Å². The second kappa shape index (κ2) is 3.99. The van der Waals surface area contributed by atoms with Crippen molar-refractivity contribution < 1.29 is 9.68 Å². The lowest BCUT2D eigenvalue weighted by molar-refractivity contribution is 0.266. The molecule has 0 aliphatic carbocycles. The van der Waals surface area contributed by atoms with Crippen LogP contribution in [-0.2, 0) is 11.1 Å². The molecule has 0 unspecified atom stereocenters. The van der Waals surface area contributed by atoms with Gasteiger partial charge in [-0.05, 0) is 35.9 Å². The molecule has 0 aromatic heterocycles. The molecule has 15 heavy (non-hydrogen) atoms. The standard InChI is InChI=1S/C12H17BO2/c1-8(2)11-6-9(3)12-10(7-11)4-5-15-13(12)14/h6-8,14H,4-5H2,1-3H3. The zero-order valence-corrected chi connectivity index (χ0v) is 9.58. The van der Waals surface area contributed by atoms with Gasteiger partial charge in [-0.25, -0.2) is 0 Å². The molecule has 0 radical (unpaired) electrons. The molecule has 0 saturated carbocycles. The van der Waals surface area contributed by atoms with Crippen molar-refractivity contribution in [2.24, 2.45) is 0 Å². The Morgan fingerprint density at radius 3 is 2.80 bits per heavy atom. The molecule has 0 amide bonds. The lowest BCUT2D eigenvalue weighted by Gasteiger charge is -2.22. The lowest BCUT2D eigenvalue weighted by atomic mass is 9.70. The lowest BCUT2D eigenvalue weighted by Crippen LogP contribution is -2.43. The van der Waals surface area contributed by atoms with Crippen LogP contribution >= 0.6 is 0 Å². The van der Waals surface area contributed by atoms with Gasteiger partial charge in [0, 0.05) is 6.61 Å². The van der Waals surface area contributed by atoms with E-state index in [2.05, 4.69) is 26.0 Å². The molecule has 0 spiro atoms. The molecule has 0 saturated heterocycles. The van der Waals surface area contributed by atoms with Crippen molar-refractivity contribution in [1.82, 2.24) is 0 Å². The maximum Gasteiger partial charge on any atom is 0.491 e. The zero-order chi connectivity index (χ0) is 11.0. The Morgan fingerprint density at radius 1 is 1.40 bits per heavy atom. The van der Waals surface area contributed by atoms with Gasteiger partial charge in [0.1, 0.15) is 0 Å². The smallest absolute Gasteiger partial charge is 0.423 e. The van der Waals surface area contributed by atoms with Crippen molar-refractivity contribution in [2.45, 2.75) is 33.1 Å². The van der Waals surface area contributed by atoms with Crippen LogP contribution in [0.3, 0.4) is 0 Å². The van der Waals surface area contributed by atoms with E-state index in [1.165, 1.54) is 11.1 Å². The maximum atomic E-state index is 9.75. The van der Waals surface area contributed by atoms with E-state index in [9.17, 15) is 5.02 Å². The second-order valence-corrected chi connectivity index (χ2v) is 4.54. The highest BCUT2D eigenvalue weighted by atomic mass is 16.5. The van der Waals surface area contributed by atoms with E-state index in [-0.39, 0.29) is 0 Å². The molecule has 1 aromatic carbocycles. The molecule has 1 N–H and O–H groups in total. The Bertz CT molecular complexity index is 374.